The molecule has 0 bridgehead atoms. The summed E-state index contributed by atoms with van der Waals surface area (Å²) in [5, 5.41) is 27.8. The van der Waals surface area contributed by atoms with E-state index in [1.807, 2.05) is 0 Å². The SMILES string of the molecule is CCCCCCCC(=O)OC1=C(O)[C@@H]([C@@H](O)CO)OC1=O.[Na+]. The molecule has 0 unspecified atom stereocenters. The van der Waals surface area contributed by atoms with Crippen molar-refractivity contribution >= 4 is 11.9 Å². The van der Waals surface area contributed by atoms with Crippen LogP contribution in [-0.2, 0) is 19.1 Å². The van der Waals surface area contributed by atoms with E-state index >= 15 is 0 Å². The molecule has 120 valence electrons. The molecule has 0 spiro atoms. The van der Waals surface area contributed by atoms with Crippen LogP contribution in [0.3, 0.4) is 0 Å². The summed E-state index contributed by atoms with van der Waals surface area (Å²) in [6, 6.07) is 0. The molecule has 0 saturated heterocycles. The van der Waals surface area contributed by atoms with E-state index in [0.717, 1.165) is 25.7 Å². The second-order valence-corrected chi connectivity index (χ2v) is 4.93. The van der Waals surface area contributed by atoms with Gasteiger partial charge in [-0.1, -0.05) is 32.6 Å². The van der Waals surface area contributed by atoms with Crippen molar-refractivity contribution in [2.45, 2.75) is 57.7 Å². The van der Waals surface area contributed by atoms with E-state index in [9.17, 15) is 19.8 Å². The van der Waals surface area contributed by atoms with Gasteiger partial charge >= 0.3 is 41.5 Å². The van der Waals surface area contributed by atoms with Crippen LogP contribution in [0.1, 0.15) is 45.4 Å². The van der Waals surface area contributed by atoms with Crippen LogP contribution in [-0.4, -0.2) is 46.1 Å². The molecule has 3 N–H and O–H groups in total. The van der Waals surface area contributed by atoms with Crippen LogP contribution < -0.4 is 29.6 Å². The Morgan fingerprint density at radius 1 is 1.32 bits per heavy atom. The van der Waals surface area contributed by atoms with Crippen LogP contribution in [0.15, 0.2) is 11.5 Å². The quantitative estimate of drug-likeness (QED) is 0.254. The normalized spacial score (nSPS) is 18.7. The maximum atomic E-state index is 11.6. The number of aliphatic hydroxyl groups excluding tert-OH is 3. The first-order valence-electron chi connectivity index (χ1n) is 7.15. The topological polar surface area (TPSA) is 113 Å². The maximum Gasteiger partial charge on any atom is 1.00 e. The van der Waals surface area contributed by atoms with Gasteiger partial charge in [0.15, 0.2) is 11.9 Å². The van der Waals surface area contributed by atoms with Crippen molar-refractivity contribution in [3.63, 3.8) is 0 Å². The summed E-state index contributed by atoms with van der Waals surface area (Å²) in [5.74, 6) is -2.93. The number of cyclic esters (lactones) is 1. The van der Waals surface area contributed by atoms with Crippen molar-refractivity contribution in [2.75, 3.05) is 6.61 Å². The van der Waals surface area contributed by atoms with Crippen molar-refractivity contribution in [2.24, 2.45) is 0 Å². The molecule has 0 aromatic carbocycles. The first-order chi connectivity index (χ1) is 10.0. The number of hydrogen-bond donors (Lipinski definition) is 3. The van der Waals surface area contributed by atoms with E-state index < -0.39 is 42.3 Å². The smallest absolute Gasteiger partial charge is 0.505 e. The van der Waals surface area contributed by atoms with E-state index in [-0.39, 0.29) is 36.0 Å². The first-order valence-corrected chi connectivity index (χ1v) is 7.15. The fourth-order valence-electron chi connectivity index (χ4n) is 1.95. The van der Waals surface area contributed by atoms with E-state index in [0.29, 0.717) is 6.42 Å². The van der Waals surface area contributed by atoms with Crippen molar-refractivity contribution in [1.29, 1.82) is 0 Å². The summed E-state index contributed by atoms with van der Waals surface area (Å²) >= 11 is 0. The molecule has 0 aliphatic carbocycles. The predicted molar refractivity (Wildman–Crippen MR) is 72.1 cm³/mol. The predicted octanol–water partition coefficient (Wildman–Crippen LogP) is -2.06. The van der Waals surface area contributed by atoms with Gasteiger partial charge in [-0.05, 0) is 6.42 Å². The number of unbranched alkanes of at least 4 members (excludes halogenated alkanes) is 4. The molecule has 22 heavy (non-hydrogen) atoms. The standard InChI is InChI=1S/C14H22O7.Na/c1-2-3-4-5-6-7-10(17)20-13-11(18)12(9(16)8-15)21-14(13)19;/h9,12,15-16,18H,2-8H2,1H3;/q;+1/t9-,12+;/m0./s1. The number of esters is 2. The van der Waals surface area contributed by atoms with Gasteiger partial charge in [0, 0.05) is 6.42 Å². The summed E-state index contributed by atoms with van der Waals surface area (Å²) in [5.41, 5.74) is 0. The molecule has 0 aromatic rings. The van der Waals surface area contributed by atoms with E-state index in [1.165, 1.54) is 0 Å². The Bertz CT molecular complexity index is 408. The van der Waals surface area contributed by atoms with E-state index in [1.54, 1.807) is 0 Å². The average molecular weight is 325 g/mol. The Kier molecular flexibility index (Phi) is 10.7. The van der Waals surface area contributed by atoms with Crippen LogP contribution >= 0.6 is 0 Å². The van der Waals surface area contributed by atoms with Crippen LogP contribution in [0, 0.1) is 0 Å². The summed E-state index contributed by atoms with van der Waals surface area (Å²) in [6.07, 6.45) is 2.06. The van der Waals surface area contributed by atoms with Gasteiger partial charge in [-0.25, -0.2) is 4.79 Å². The second-order valence-electron chi connectivity index (χ2n) is 4.93. The van der Waals surface area contributed by atoms with Crippen molar-refractivity contribution < 1.29 is 63.9 Å². The van der Waals surface area contributed by atoms with Crippen molar-refractivity contribution in [3.05, 3.63) is 11.5 Å². The van der Waals surface area contributed by atoms with Gasteiger partial charge in [0.25, 0.3) is 5.76 Å². The molecule has 0 fully saturated rings. The number of carbonyl (C=O) groups is 2. The van der Waals surface area contributed by atoms with Gasteiger partial charge in [-0.2, -0.15) is 0 Å². The molecule has 0 radical (unpaired) electrons. The maximum absolute atomic E-state index is 11.6. The summed E-state index contributed by atoms with van der Waals surface area (Å²) in [7, 11) is 0. The largest absolute Gasteiger partial charge is 1.00 e. The Morgan fingerprint density at radius 2 is 1.95 bits per heavy atom. The third-order valence-electron chi connectivity index (χ3n) is 3.16. The molecule has 0 aromatic heterocycles. The minimum Gasteiger partial charge on any atom is -0.505 e. The Labute approximate surface area is 151 Å². The van der Waals surface area contributed by atoms with E-state index in [2.05, 4.69) is 11.7 Å². The second kappa shape index (κ2) is 11.0. The van der Waals surface area contributed by atoms with Crippen LogP contribution in [0.2, 0.25) is 0 Å². The Morgan fingerprint density at radius 3 is 2.55 bits per heavy atom. The molecular weight excluding hydrogens is 303 g/mol. The molecule has 7 nitrogen and oxygen atoms in total. The van der Waals surface area contributed by atoms with Gasteiger partial charge in [0.1, 0.15) is 6.10 Å². The number of ether oxygens (including phenoxy) is 2. The third kappa shape index (κ3) is 6.26. The van der Waals surface area contributed by atoms with Crippen molar-refractivity contribution in [3.8, 4) is 0 Å². The van der Waals surface area contributed by atoms with Crippen LogP contribution in [0.4, 0.5) is 0 Å². The number of carbonyl (C=O) groups excluding carboxylic acids is 2. The zero-order valence-electron chi connectivity index (χ0n) is 13.1. The summed E-state index contributed by atoms with van der Waals surface area (Å²) in [4.78, 5) is 23.0. The van der Waals surface area contributed by atoms with Crippen LogP contribution in [0.5, 0.6) is 0 Å². The fraction of sp³-hybridized carbons (Fsp3) is 0.714. The monoisotopic (exact) mass is 325 g/mol. The Balaban J connectivity index is 0.00000441. The number of aliphatic hydroxyl groups is 3. The van der Waals surface area contributed by atoms with Gasteiger partial charge in [0.2, 0.25) is 0 Å². The molecule has 2 atom stereocenters. The van der Waals surface area contributed by atoms with E-state index in [4.69, 9.17) is 9.84 Å². The zero-order chi connectivity index (χ0) is 15.8. The molecule has 1 aliphatic heterocycles. The molecule has 0 amide bonds. The first kappa shape index (κ1) is 21.4. The minimum absolute atomic E-state index is 0. The van der Waals surface area contributed by atoms with Crippen LogP contribution in [0.25, 0.3) is 0 Å². The summed E-state index contributed by atoms with van der Waals surface area (Å²) < 4.78 is 9.44. The average Bonchev–Trinajstić information content (AvgIpc) is 2.74. The molecular formula is C14H22NaO7+. The minimum atomic E-state index is -1.46. The fourth-order valence-corrected chi connectivity index (χ4v) is 1.95. The zero-order valence-corrected chi connectivity index (χ0v) is 15.1. The van der Waals surface area contributed by atoms with Crippen molar-refractivity contribution in [1.82, 2.24) is 0 Å². The van der Waals surface area contributed by atoms with Gasteiger partial charge < -0.3 is 24.8 Å². The molecule has 1 heterocycles. The van der Waals surface area contributed by atoms with Gasteiger partial charge in [-0.3, -0.25) is 4.79 Å². The van der Waals surface area contributed by atoms with Gasteiger partial charge in [0.05, 0.1) is 6.61 Å². The summed E-state index contributed by atoms with van der Waals surface area (Å²) in [6.45, 7) is 1.40. The third-order valence-corrected chi connectivity index (χ3v) is 3.16. The number of hydrogen-bond acceptors (Lipinski definition) is 7. The van der Waals surface area contributed by atoms with Gasteiger partial charge in [-0.15, -0.1) is 0 Å². The number of rotatable bonds is 9. The molecule has 0 saturated carbocycles. The molecule has 1 rings (SSSR count). The molecule has 1 aliphatic rings. The Hall–Kier alpha value is -0.600. The molecule has 8 heteroatoms.